The monoisotopic (exact) mass is 466 g/mol. The van der Waals surface area contributed by atoms with Gasteiger partial charge in [0.25, 0.3) is 0 Å². The second kappa shape index (κ2) is 11.6. The van der Waals surface area contributed by atoms with Gasteiger partial charge in [0.2, 0.25) is 0 Å². The zero-order chi connectivity index (χ0) is 18.2. The summed E-state index contributed by atoms with van der Waals surface area (Å²) in [6.45, 7) is 11.9. The average Bonchev–Trinajstić information content (AvgIpc) is 2.96. The number of hydrogen-bond donors (Lipinski definition) is 2. The van der Waals surface area contributed by atoms with Crippen LogP contribution in [0.5, 0.6) is 0 Å². The average molecular weight is 466 g/mol. The third-order valence-electron chi connectivity index (χ3n) is 3.54. The molecular formula is C18H35IN4O2. The van der Waals surface area contributed by atoms with Gasteiger partial charge in [0.1, 0.15) is 5.60 Å². The van der Waals surface area contributed by atoms with Gasteiger partial charge in [0.05, 0.1) is 0 Å². The normalized spacial score (nSPS) is 16.2. The smallest absolute Gasteiger partial charge is 0.410 e. The van der Waals surface area contributed by atoms with E-state index in [1.54, 1.807) is 11.9 Å². The van der Waals surface area contributed by atoms with Crippen LogP contribution in [-0.2, 0) is 4.74 Å². The maximum atomic E-state index is 12.0. The van der Waals surface area contributed by atoms with Crippen molar-refractivity contribution in [1.82, 2.24) is 15.5 Å². The molecule has 2 N–H and O–H groups in total. The summed E-state index contributed by atoms with van der Waals surface area (Å²) in [7, 11) is 1.77. The summed E-state index contributed by atoms with van der Waals surface area (Å²) in [5.74, 6) is 1.10. The van der Waals surface area contributed by atoms with Crippen molar-refractivity contribution in [2.24, 2.45) is 10.9 Å². The number of nitrogens with zero attached hydrogens (tertiary/aromatic N) is 2. The lowest BCUT2D eigenvalue weighted by molar-refractivity contribution is 0.0279. The van der Waals surface area contributed by atoms with Gasteiger partial charge in [-0.3, -0.25) is 4.99 Å². The largest absolute Gasteiger partial charge is 0.444 e. The van der Waals surface area contributed by atoms with Crippen molar-refractivity contribution >= 4 is 36.0 Å². The summed E-state index contributed by atoms with van der Waals surface area (Å²) in [5.41, 5.74) is -0.468. The van der Waals surface area contributed by atoms with Crippen molar-refractivity contribution in [2.45, 2.75) is 59.1 Å². The molecule has 1 atom stereocenters. The van der Waals surface area contributed by atoms with Gasteiger partial charge in [-0.1, -0.05) is 19.1 Å². The van der Waals surface area contributed by atoms with Crippen LogP contribution in [0.3, 0.4) is 0 Å². The number of amides is 1. The van der Waals surface area contributed by atoms with Crippen LogP contribution in [-0.4, -0.2) is 55.3 Å². The number of rotatable bonds is 6. The Morgan fingerprint density at radius 1 is 1.36 bits per heavy atom. The van der Waals surface area contributed by atoms with Crippen LogP contribution in [0.4, 0.5) is 4.79 Å². The summed E-state index contributed by atoms with van der Waals surface area (Å²) in [6.07, 6.45) is 6.18. The van der Waals surface area contributed by atoms with Crippen molar-refractivity contribution in [3.63, 3.8) is 0 Å². The fourth-order valence-electron chi connectivity index (χ4n) is 2.44. The molecule has 0 heterocycles. The molecule has 146 valence electrons. The van der Waals surface area contributed by atoms with Gasteiger partial charge in [-0.05, 0) is 46.5 Å². The summed E-state index contributed by atoms with van der Waals surface area (Å²) < 4.78 is 5.37. The number of nitrogens with one attached hydrogen (secondary N) is 2. The number of guanidine groups is 1. The van der Waals surface area contributed by atoms with Crippen LogP contribution in [0.2, 0.25) is 0 Å². The zero-order valence-corrected chi connectivity index (χ0v) is 18.8. The molecule has 0 fully saturated rings. The van der Waals surface area contributed by atoms with E-state index in [2.05, 4.69) is 41.6 Å². The minimum absolute atomic E-state index is 0. The van der Waals surface area contributed by atoms with Gasteiger partial charge in [0, 0.05) is 32.7 Å². The fourth-order valence-corrected chi connectivity index (χ4v) is 2.44. The Morgan fingerprint density at radius 2 is 1.96 bits per heavy atom. The zero-order valence-electron chi connectivity index (χ0n) is 16.5. The number of carbonyl (C=O) groups is 1. The SMILES string of the molecule is CCNC(=NCC(C)CN(C)C(=O)OC(C)(C)C)NC1CC=CC1.I. The third-order valence-corrected chi connectivity index (χ3v) is 3.54. The molecule has 6 nitrogen and oxygen atoms in total. The van der Waals surface area contributed by atoms with Crippen molar-refractivity contribution < 1.29 is 9.53 Å². The van der Waals surface area contributed by atoms with E-state index < -0.39 is 5.60 Å². The van der Waals surface area contributed by atoms with Crippen LogP contribution in [0.1, 0.15) is 47.5 Å². The van der Waals surface area contributed by atoms with Gasteiger partial charge in [-0.25, -0.2) is 4.79 Å². The molecule has 0 saturated heterocycles. The van der Waals surface area contributed by atoms with Crippen molar-refractivity contribution in [3.05, 3.63) is 12.2 Å². The van der Waals surface area contributed by atoms with Crippen LogP contribution in [0, 0.1) is 5.92 Å². The molecule has 0 spiro atoms. The Kier molecular flexibility index (Phi) is 11.1. The lowest BCUT2D eigenvalue weighted by Crippen LogP contribution is -2.43. The topological polar surface area (TPSA) is 66.0 Å². The Labute approximate surface area is 169 Å². The van der Waals surface area contributed by atoms with E-state index in [-0.39, 0.29) is 36.0 Å². The third kappa shape index (κ3) is 10.6. The standard InChI is InChI=1S/C18H34N4O2.HI/c1-7-19-16(21-15-10-8-9-11-15)20-12-14(2)13-22(6)17(23)24-18(3,4)5;/h8-9,14-15H,7,10-13H2,1-6H3,(H2,19,20,21);1H. The van der Waals surface area contributed by atoms with Crippen LogP contribution < -0.4 is 10.6 Å². The molecule has 0 aliphatic heterocycles. The van der Waals surface area contributed by atoms with Gasteiger partial charge in [-0.2, -0.15) is 0 Å². The molecule has 0 radical (unpaired) electrons. The number of hydrogen-bond acceptors (Lipinski definition) is 3. The van der Waals surface area contributed by atoms with E-state index in [1.807, 2.05) is 20.8 Å². The van der Waals surface area contributed by atoms with Gasteiger partial charge >= 0.3 is 6.09 Å². The van der Waals surface area contributed by atoms with E-state index >= 15 is 0 Å². The number of ether oxygens (including phenoxy) is 1. The first-order valence-electron chi connectivity index (χ1n) is 8.85. The maximum absolute atomic E-state index is 12.0. The van der Waals surface area contributed by atoms with Crippen LogP contribution in [0.15, 0.2) is 17.1 Å². The van der Waals surface area contributed by atoms with Crippen molar-refractivity contribution in [3.8, 4) is 0 Å². The van der Waals surface area contributed by atoms with Crippen molar-refractivity contribution in [2.75, 3.05) is 26.7 Å². The van der Waals surface area contributed by atoms with Gasteiger partial charge in [-0.15, -0.1) is 24.0 Å². The van der Waals surface area contributed by atoms with E-state index in [0.717, 1.165) is 25.3 Å². The molecule has 1 aliphatic rings. The first kappa shape index (κ1) is 24.0. The molecule has 25 heavy (non-hydrogen) atoms. The predicted molar refractivity (Wildman–Crippen MR) is 115 cm³/mol. The molecule has 0 aromatic carbocycles. The van der Waals surface area contributed by atoms with E-state index in [9.17, 15) is 4.79 Å². The predicted octanol–water partition coefficient (Wildman–Crippen LogP) is 3.38. The molecular weight excluding hydrogens is 431 g/mol. The highest BCUT2D eigenvalue weighted by Gasteiger charge is 2.20. The molecule has 0 aromatic heterocycles. The molecule has 1 unspecified atom stereocenters. The molecule has 0 aromatic rings. The van der Waals surface area contributed by atoms with E-state index in [0.29, 0.717) is 19.1 Å². The van der Waals surface area contributed by atoms with E-state index in [1.165, 1.54) is 0 Å². The van der Waals surface area contributed by atoms with Gasteiger partial charge < -0.3 is 20.3 Å². The maximum Gasteiger partial charge on any atom is 0.410 e. The molecule has 1 aliphatic carbocycles. The fraction of sp³-hybridized carbons (Fsp3) is 0.778. The minimum Gasteiger partial charge on any atom is -0.444 e. The lowest BCUT2D eigenvalue weighted by Gasteiger charge is -2.26. The molecule has 7 heteroatoms. The highest BCUT2D eigenvalue weighted by molar-refractivity contribution is 14.0. The summed E-state index contributed by atoms with van der Waals surface area (Å²) in [6, 6.07) is 0.433. The van der Waals surface area contributed by atoms with Crippen LogP contribution >= 0.6 is 24.0 Å². The summed E-state index contributed by atoms with van der Waals surface area (Å²) >= 11 is 0. The first-order valence-corrected chi connectivity index (χ1v) is 8.85. The molecule has 0 bridgehead atoms. The second-order valence-electron chi connectivity index (χ2n) is 7.47. The van der Waals surface area contributed by atoms with Crippen LogP contribution in [0.25, 0.3) is 0 Å². The lowest BCUT2D eigenvalue weighted by atomic mass is 10.2. The van der Waals surface area contributed by atoms with Gasteiger partial charge in [0.15, 0.2) is 5.96 Å². The first-order chi connectivity index (χ1) is 11.2. The second-order valence-corrected chi connectivity index (χ2v) is 7.47. The quantitative estimate of drug-likeness (QED) is 0.273. The Bertz CT molecular complexity index is 452. The number of aliphatic imine (C=N–C) groups is 1. The highest BCUT2D eigenvalue weighted by Crippen LogP contribution is 2.11. The number of halogens is 1. The molecule has 0 saturated carbocycles. The minimum atomic E-state index is -0.468. The van der Waals surface area contributed by atoms with Crippen molar-refractivity contribution in [1.29, 1.82) is 0 Å². The Balaban J connectivity index is 0.00000576. The molecule has 1 rings (SSSR count). The Morgan fingerprint density at radius 3 is 2.48 bits per heavy atom. The Hall–Kier alpha value is -0.990. The summed E-state index contributed by atoms with van der Waals surface area (Å²) in [5, 5.41) is 6.73. The highest BCUT2D eigenvalue weighted by atomic mass is 127. The van der Waals surface area contributed by atoms with E-state index in [4.69, 9.17) is 4.74 Å². The molecule has 1 amide bonds. The number of carbonyl (C=O) groups excluding carboxylic acids is 1. The summed E-state index contributed by atoms with van der Waals surface area (Å²) in [4.78, 5) is 18.3.